The molecule has 0 fully saturated rings. The molecule has 0 amide bonds. The number of benzene rings is 1. The molecule has 0 saturated heterocycles. The molecule has 0 aliphatic rings. The smallest absolute Gasteiger partial charge is 0.186 e. The SMILES string of the molecule is Cc1ccc(-n2nc(C)c3c(N)[nH]nc32)c(C)c1. The highest BCUT2D eigenvalue weighted by atomic mass is 15.4. The monoisotopic (exact) mass is 241 g/mol. The van der Waals surface area contributed by atoms with E-state index in [1.54, 1.807) is 0 Å². The van der Waals surface area contributed by atoms with Crippen LogP contribution >= 0.6 is 0 Å². The van der Waals surface area contributed by atoms with Crippen molar-refractivity contribution in [2.45, 2.75) is 20.8 Å². The minimum atomic E-state index is 0.568. The number of nitrogens with two attached hydrogens (primary N) is 1. The molecule has 0 aliphatic heterocycles. The molecule has 0 saturated carbocycles. The lowest BCUT2D eigenvalue weighted by Crippen LogP contribution is -2.00. The molecule has 2 heterocycles. The van der Waals surface area contributed by atoms with E-state index in [4.69, 9.17) is 5.73 Å². The zero-order valence-corrected chi connectivity index (χ0v) is 10.7. The highest BCUT2D eigenvalue weighted by molar-refractivity contribution is 5.89. The van der Waals surface area contributed by atoms with Crippen LogP contribution in [-0.2, 0) is 0 Å². The average molecular weight is 241 g/mol. The molecule has 0 unspecified atom stereocenters. The summed E-state index contributed by atoms with van der Waals surface area (Å²) in [5, 5.41) is 12.5. The van der Waals surface area contributed by atoms with Gasteiger partial charge in [0.15, 0.2) is 5.65 Å². The first-order valence-corrected chi connectivity index (χ1v) is 5.84. The maximum atomic E-state index is 5.86. The number of nitrogens with one attached hydrogen (secondary N) is 1. The summed E-state index contributed by atoms with van der Waals surface area (Å²) >= 11 is 0. The lowest BCUT2D eigenvalue weighted by molar-refractivity contribution is 0.858. The molecule has 18 heavy (non-hydrogen) atoms. The van der Waals surface area contributed by atoms with E-state index in [-0.39, 0.29) is 0 Å². The minimum absolute atomic E-state index is 0.568. The predicted octanol–water partition coefficient (Wildman–Crippen LogP) is 2.26. The third-order valence-electron chi connectivity index (χ3n) is 3.17. The highest BCUT2D eigenvalue weighted by Crippen LogP contribution is 2.25. The summed E-state index contributed by atoms with van der Waals surface area (Å²) in [4.78, 5) is 0. The summed E-state index contributed by atoms with van der Waals surface area (Å²) < 4.78 is 1.84. The van der Waals surface area contributed by atoms with Gasteiger partial charge in [-0.05, 0) is 32.4 Å². The van der Waals surface area contributed by atoms with Crippen molar-refractivity contribution in [2.24, 2.45) is 0 Å². The molecule has 1 aromatic carbocycles. The summed E-state index contributed by atoms with van der Waals surface area (Å²) in [6.07, 6.45) is 0. The van der Waals surface area contributed by atoms with E-state index in [1.807, 2.05) is 11.6 Å². The van der Waals surface area contributed by atoms with Crippen molar-refractivity contribution in [1.29, 1.82) is 0 Å². The molecule has 0 atom stereocenters. The zero-order valence-electron chi connectivity index (χ0n) is 10.7. The second-order valence-corrected chi connectivity index (χ2v) is 4.62. The quantitative estimate of drug-likeness (QED) is 0.686. The van der Waals surface area contributed by atoms with Crippen LogP contribution in [-0.4, -0.2) is 20.0 Å². The second kappa shape index (κ2) is 3.60. The Labute approximate surface area is 105 Å². The van der Waals surface area contributed by atoms with Crippen LogP contribution in [0.25, 0.3) is 16.7 Å². The van der Waals surface area contributed by atoms with Gasteiger partial charge in [-0.3, -0.25) is 5.10 Å². The van der Waals surface area contributed by atoms with Crippen LogP contribution in [0.3, 0.4) is 0 Å². The lowest BCUT2D eigenvalue weighted by Gasteiger charge is -2.06. The van der Waals surface area contributed by atoms with E-state index in [9.17, 15) is 0 Å². The molecule has 0 spiro atoms. The maximum absolute atomic E-state index is 5.86. The second-order valence-electron chi connectivity index (χ2n) is 4.62. The van der Waals surface area contributed by atoms with Crippen LogP contribution in [0.5, 0.6) is 0 Å². The van der Waals surface area contributed by atoms with Gasteiger partial charge in [-0.2, -0.15) is 10.2 Å². The summed E-state index contributed by atoms with van der Waals surface area (Å²) in [5.41, 5.74) is 11.0. The molecule has 3 N–H and O–H groups in total. The number of hydrogen-bond donors (Lipinski definition) is 2. The first-order chi connectivity index (χ1) is 8.58. The van der Waals surface area contributed by atoms with E-state index in [0.29, 0.717) is 5.82 Å². The van der Waals surface area contributed by atoms with Gasteiger partial charge in [-0.1, -0.05) is 17.7 Å². The van der Waals surface area contributed by atoms with Gasteiger partial charge in [0.1, 0.15) is 5.82 Å². The van der Waals surface area contributed by atoms with Crippen molar-refractivity contribution in [3.05, 3.63) is 35.0 Å². The van der Waals surface area contributed by atoms with E-state index in [1.165, 1.54) is 11.1 Å². The third kappa shape index (κ3) is 1.40. The molecule has 92 valence electrons. The zero-order chi connectivity index (χ0) is 12.9. The van der Waals surface area contributed by atoms with Gasteiger partial charge in [-0.15, -0.1) is 0 Å². The van der Waals surface area contributed by atoms with Gasteiger partial charge in [0.05, 0.1) is 16.8 Å². The molecule has 2 aromatic heterocycles. The predicted molar refractivity (Wildman–Crippen MR) is 71.8 cm³/mol. The van der Waals surface area contributed by atoms with Crippen molar-refractivity contribution in [1.82, 2.24) is 20.0 Å². The fraction of sp³-hybridized carbons (Fsp3) is 0.231. The van der Waals surface area contributed by atoms with Crippen LogP contribution in [0.4, 0.5) is 5.82 Å². The first kappa shape index (κ1) is 10.8. The number of hydrogen-bond acceptors (Lipinski definition) is 3. The van der Waals surface area contributed by atoms with Crippen molar-refractivity contribution >= 4 is 16.9 Å². The number of aromatic amines is 1. The third-order valence-corrected chi connectivity index (χ3v) is 3.17. The molecule has 5 heteroatoms. The Morgan fingerprint density at radius 3 is 2.72 bits per heavy atom. The Hall–Kier alpha value is -2.30. The summed E-state index contributed by atoms with van der Waals surface area (Å²) in [7, 11) is 0. The lowest BCUT2D eigenvalue weighted by atomic mass is 10.1. The Morgan fingerprint density at radius 2 is 2.00 bits per heavy atom. The van der Waals surface area contributed by atoms with Crippen molar-refractivity contribution in [3.63, 3.8) is 0 Å². The number of fused-ring (bicyclic) bond motifs is 1. The van der Waals surface area contributed by atoms with Gasteiger partial charge in [0, 0.05) is 0 Å². The molecular weight excluding hydrogens is 226 g/mol. The van der Waals surface area contributed by atoms with E-state index in [2.05, 4.69) is 47.3 Å². The van der Waals surface area contributed by atoms with Crippen LogP contribution in [0, 0.1) is 20.8 Å². The number of rotatable bonds is 1. The van der Waals surface area contributed by atoms with E-state index >= 15 is 0 Å². The summed E-state index contributed by atoms with van der Waals surface area (Å²) in [6.45, 7) is 6.09. The molecule has 3 rings (SSSR count). The Morgan fingerprint density at radius 1 is 1.22 bits per heavy atom. The van der Waals surface area contributed by atoms with Gasteiger partial charge in [0.25, 0.3) is 0 Å². The fourth-order valence-corrected chi connectivity index (χ4v) is 2.31. The number of H-pyrrole nitrogens is 1. The maximum Gasteiger partial charge on any atom is 0.186 e. The van der Waals surface area contributed by atoms with Crippen LogP contribution in [0.1, 0.15) is 16.8 Å². The molecular formula is C13H15N5. The Balaban J connectivity index is 2.32. The number of aryl methyl sites for hydroxylation is 3. The van der Waals surface area contributed by atoms with Crippen LogP contribution in [0.2, 0.25) is 0 Å². The van der Waals surface area contributed by atoms with Gasteiger partial charge in [0.2, 0.25) is 0 Å². The molecule has 0 radical (unpaired) electrons. The molecule has 0 aliphatic carbocycles. The van der Waals surface area contributed by atoms with Crippen molar-refractivity contribution < 1.29 is 0 Å². The number of nitrogen functional groups attached to an aromatic ring is 1. The van der Waals surface area contributed by atoms with Crippen LogP contribution in [0.15, 0.2) is 18.2 Å². The molecule has 5 nitrogen and oxygen atoms in total. The summed E-state index contributed by atoms with van der Waals surface area (Å²) in [5.74, 6) is 0.568. The standard InChI is InChI=1S/C13H15N5/c1-7-4-5-10(8(2)6-7)18-13-11(9(3)17-18)12(14)15-16-13/h4-6H,1-3H3,(H3,14,15,16). The van der Waals surface area contributed by atoms with Gasteiger partial charge in [-0.25, -0.2) is 4.68 Å². The van der Waals surface area contributed by atoms with E-state index in [0.717, 1.165) is 22.4 Å². The number of anilines is 1. The molecule has 0 bridgehead atoms. The first-order valence-electron chi connectivity index (χ1n) is 5.84. The number of aromatic nitrogens is 4. The van der Waals surface area contributed by atoms with Gasteiger partial charge >= 0.3 is 0 Å². The summed E-state index contributed by atoms with van der Waals surface area (Å²) in [6, 6.07) is 6.26. The van der Waals surface area contributed by atoms with Crippen molar-refractivity contribution in [3.8, 4) is 5.69 Å². The Kier molecular flexibility index (Phi) is 2.16. The minimum Gasteiger partial charge on any atom is -0.383 e. The fourth-order valence-electron chi connectivity index (χ4n) is 2.31. The van der Waals surface area contributed by atoms with Crippen LogP contribution < -0.4 is 5.73 Å². The highest BCUT2D eigenvalue weighted by Gasteiger charge is 2.15. The number of nitrogens with zero attached hydrogens (tertiary/aromatic N) is 3. The molecule has 3 aromatic rings. The average Bonchev–Trinajstić information content (AvgIpc) is 2.82. The largest absolute Gasteiger partial charge is 0.383 e. The van der Waals surface area contributed by atoms with Gasteiger partial charge < -0.3 is 5.73 Å². The normalized spacial score (nSPS) is 11.3. The topological polar surface area (TPSA) is 72.5 Å². The van der Waals surface area contributed by atoms with E-state index < -0.39 is 0 Å². The van der Waals surface area contributed by atoms with Crippen molar-refractivity contribution in [2.75, 3.05) is 5.73 Å². The Bertz CT molecular complexity index is 735.